The van der Waals surface area contributed by atoms with Crippen LogP contribution < -0.4 is 10.9 Å². The highest BCUT2D eigenvalue weighted by atomic mass is 16.3. The van der Waals surface area contributed by atoms with Crippen LogP contribution >= 0.6 is 0 Å². The van der Waals surface area contributed by atoms with E-state index in [1.807, 2.05) is 0 Å². The molecule has 0 radical (unpaired) electrons. The van der Waals surface area contributed by atoms with Crippen LogP contribution in [0.5, 0.6) is 34.5 Å². The average Bonchev–Trinajstić information content (AvgIpc) is 2.90. The fraction of sp³-hybridized carbons (Fsp3) is 0. The van der Waals surface area contributed by atoms with Gasteiger partial charge in [-0.3, -0.25) is 9.59 Å². The summed E-state index contributed by atoms with van der Waals surface area (Å²) in [6.07, 6.45) is 0. The quantitative estimate of drug-likeness (QED) is 0.177. The summed E-state index contributed by atoms with van der Waals surface area (Å²) in [7, 11) is 0. The van der Waals surface area contributed by atoms with Crippen LogP contribution in [0.25, 0.3) is 55.7 Å². The summed E-state index contributed by atoms with van der Waals surface area (Å²) >= 11 is 0. The molecule has 0 fully saturated rings. The van der Waals surface area contributed by atoms with Gasteiger partial charge < -0.3 is 39.5 Å². The fourth-order valence-electron chi connectivity index (χ4n) is 4.62. The lowest BCUT2D eigenvalue weighted by molar-refractivity contribution is 0.447. The molecule has 2 heterocycles. The molecule has 0 aliphatic carbocycles. The number of phenolic OH excluding ortho intramolecular Hbond substituents is 6. The molecule has 2 aromatic heterocycles. The van der Waals surface area contributed by atoms with Gasteiger partial charge in [-0.25, -0.2) is 0 Å². The Labute approximate surface area is 223 Å². The van der Waals surface area contributed by atoms with Gasteiger partial charge >= 0.3 is 0 Å². The minimum absolute atomic E-state index is 0.0116. The van der Waals surface area contributed by atoms with Crippen molar-refractivity contribution in [3.05, 3.63) is 93.2 Å². The largest absolute Gasteiger partial charge is 0.508 e. The number of phenols is 6. The first kappa shape index (κ1) is 24.4. The minimum atomic E-state index is -0.683. The summed E-state index contributed by atoms with van der Waals surface area (Å²) in [5, 5.41) is 61.7. The molecule has 0 unspecified atom stereocenters. The lowest BCUT2D eigenvalue weighted by atomic mass is 9.96. The van der Waals surface area contributed by atoms with E-state index in [2.05, 4.69) is 0 Å². The lowest BCUT2D eigenvalue weighted by Gasteiger charge is -2.15. The zero-order chi connectivity index (χ0) is 28.3. The minimum Gasteiger partial charge on any atom is -0.508 e. The lowest BCUT2D eigenvalue weighted by Crippen LogP contribution is -2.04. The van der Waals surface area contributed by atoms with Gasteiger partial charge in [-0.1, -0.05) is 0 Å². The Kier molecular flexibility index (Phi) is 5.40. The van der Waals surface area contributed by atoms with Crippen molar-refractivity contribution < 1.29 is 39.5 Å². The van der Waals surface area contributed by atoms with Crippen LogP contribution in [0.2, 0.25) is 0 Å². The van der Waals surface area contributed by atoms with E-state index < -0.39 is 33.9 Å². The normalized spacial score (nSPS) is 11.3. The molecule has 6 N–H and O–H groups in total. The predicted molar refractivity (Wildman–Crippen MR) is 145 cm³/mol. The maximum Gasteiger partial charge on any atom is 0.197 e. The number of benzene rings is 4. The fourth-order valence-corrected chi connectivity index (χ4v) is 4.62. The Morgan fingerprint density at radius 2 is 0.800 bits per heavy atom. The van der Waals surface area contributed by atoms with E-state index in [0.717, 1.165) is 24.3 Å². The maximum absolute atomic E-state index is 13.1. The van der Waals surface area contributed by atoms with E-state index in [9.17, 15) is 40.2 Å². The number of rotatable bonds is 3. The summed E-state index contributed by atoms with van der Waals surface area (Å²) in [5.74, 6) is -2.49. The van der Waals surface area contributed by atoms with Crippen molar-refractivity contribution in [2.75, 3.05) is 0 Å². The first-order valence-corrected chi connectivity index (χ1v) is 11.8. The second kappa shape index (κ2) is 8.84. The zero-order valence-corrected chi connectivity index (χ0v) is 20.2. The van der Waals surface area contributed by atoms with E-state index in [1.165, 1.54) is 48.5 Å². The van der Waals surface area contributed by atoms with Crippen molar-refractivity contribution in [3.63, 3.8) is 0 Å². The van der Waals surface area contributed by atoms with Crippen molar-refractivity contribution in [3.8, 4) is 68.3 Å². The second-order valence-electron chi connectivity index (χ2n) is 9.03. The van der Waals surface area contributed by atoms with Gasteiger partial charge in [0.1, 0.15) is 56.8 Å². The molecule has 6 rings (SSSR count). The number of hydrogen-bond donors (Lipinski definition) is 6. The Hall–Kier alpha value is -5.90. The molecular weight excluding hydrogens is 520 g/mol. The van der Waals surface area contributed by atoms with Crippen molar-refractivity contribution in [2.24, 2.45) is 0 Å². The summed E-state index contributed by atoms with van der Waals surface area (Å²) in [4.78, 5) is 26.3. The molecule has 0 aliphatic rings. The van der Waals surface area contributed by atoms with Gasteiger partial charge in [-0.05, 0) is 48.5 Å². The summed E-state index contributed by atoms with van der Waals surface area (Å²) < 4.78 is 12.0. The third-order valence-corrected chi connectivity index (χ3v) is 6.47. The Morgan fingerprint density at radius 1 is 0.450 bits per heavy atom. The molecule has 10 heteroatoms. The Morgan fingerprint density at radius 3 is 1.15 bits per heavy atom. The molecule has 0 amide bonds. The standard InChI is InChI=1S/C30H18O10/c31-15-5-1-13(2-6-15)23-11-21(37)25-17(33)9-19(35)27(29(25)39-23)28-20(36)10-18(34)26-22(38)12-24(40-30(26)28)14-3-7-16(32)8-4-14/h1-12,31-36H. The SMILES string of the molecule is O=c1cc(-c2ccc(O)cc2)oc2c(-c3c(O)cc(O)c4c(=O)cc(-c5ccc(O)cc5)oc34)c(O)cc(O)c12. The van der Waals surface area contributed by atoms with Crippen LogP contribution in [0.15, 0.2) is 91.2 Å². The van der Waals surface area contributed by atoms with Crippen molar-refractivity contribution >= 4 is 21.9 Å². The van der Waals surface area contributed by atoms with Crippen molar-refractivity contribution in [1.82, 2.24) is 0 Å². The van der Waals surface area contributed by atoms with Gasteiger partial charge in [0, 0.05) is 35.4 Å². The first-order valence-electron chi connectivity index (χ1n) is 11.8. The van der Waals surface area contributed by atoms with Gasteiger partial charge in [0.25, 0.3) is 0 Å². The molecule has 0 atom stereocenters. The predicted octanol–water partition coefficient (Wildman–Crippen LogP) is 5.13. The van der Waals surface area contributed by atoms with Gasteiger partial charge in [0.15, 0.2) is 22.0 Å². The highest BCUT2D eigenvalue weighted by Crippen LogP contribution is 2.48. The maximum atomic E-state index is 13.1. The van der Waals surface area contributed by atoms with E-state index in [-0.39, 0.29) is 56.1 Å². The van der Waals surface area contributed by atoms with Crippen LogP contribution in [-0.4, -0.2) is 30.6 Å². The van der Waals surface area contributed by atoms with E-state index >= 15 is 0 Å². The van der Waals surface area contributed by atoms with E-state index in [4.69, 9.17) is 8.83 Å². The third kappa shape index (κ3) is 3.82. The number of fused-ring (bicyclic) bond motifs is 2. The molecule has 10 nitrogen and oxygen atoms in total. The molecule has 0 aliphatic heterocycles. The third-order valence-electron chi connectivity index (χ3n) is 6.47. The number of hydrogen-bond acceptors (Lipinski definition) is 10. The molecule has 198 valence electrons. The van der Waals surface area contributed by atoms with Crippen LogP contribution in [-0.2, 0) is 0 Å². The van der Waals surface area contributed by atoms with Crippen molar-refractivity contribution in [2.45, 2.75) is 0 Å². The van der Waals surface area contributed by atoms with Gasteiger partial charge in [-0.2, -0.15) is 0 Å². The first-order chi connectivity index (χ1) is 19.1. The molecule has 0 saturated heterocycles. The van der Waals surface area contributed by atoms with Gasteiger partial charge in [0.2, 0.25) is 0 Å². The summed E-state index contributed by atoms with van der Waals surface area (Å²) in [6, 6.07) is 15.4. The molecule has 0 saturated carbocycles. The molecule has 0 spiro atoms. The monoisotopic (exact) mass is 538 g/mol. The zero-order valence-electron chi connectivity index (χ0n) is 20.2. The summed E-state index contributed by atoms with van der Waals surface area (Å²) in [6.45, 7) is 0. The second-order valence-corrected chi connectivity index (χ2v) is 9.03. The molecule has 40 heavy (non-hydrogen) atoms. The van der Waals surface area contributed by atoms with Crippen LogP contribution in [0.3, 0.4) is 0 Å². The molecule has 4 aromatic carbocycles. The molecular formula is C30H18O10. The Balaban J connectivity index is 1.75. The van der Waals surface area contributed by atoms with E-state index in [0.29, 0.717) is 11.1 Å². The Bertz CT molecular complexity index is 1930. The van der Waals surface area contributed by atoms with Crippen LogP contribution in [0.1, 0.15) is 0 Å². The van der Waals surface area contributed by atoms with Crippen LogP contribution in [0, 0.1) is 0 Å². The highest BCUT2D eigenvalue weighted by molar-refractivity contribution is 6.08. The molecule has 0 bridgehead atoms. The van der Waals surface area contributed by atoms with Crippen LogP contribution in [0.4, 0.5) is 0 Å². The van der Waals surface area contributed by atoms with Gasteiger partial charge in [-0.15, -0.1) is 0 Å². The summed E-state index contributed by atoms with van der Waals surface area (Å²) in [5.41, 5.74) is -1.87. The smallest absolute Gasteiger partial charge is 0.197 e. The van der Waals surface area contributed by atoms with E-state index in [1.54, 1.807) is 0 Å². The molecule has 6 aromatic rings. The number of aromatic hydroxyl groups is 6. The average molecular weight is 538 g/mol. The van der Waals surface area contributed by atoms with Crippen molar-refractivity contribution in [1.29, 1.82) is 0 Å². The topological polar surface area (TPSA) is 182 Å². The van der Waals surface area contributed by atoms with Gasteiger partial charge in [0.05, 0.1) is 11.1 Å². The highest BCUT2D eigenvalue weighted by Gasteiger charge is 2.27.